The highest BCUT2D eigenvalue weighted by Crippen LogP contribution is 2.35. The summed E-state index contributed by atoms with van der Waals surface area (Å²) >= 11 is 14.4. The Morgan fingerprint density at radius 2 is 2.00 bits per heavy atom. The first-order valence-electron chi connectivity index (χ1n) is 11.4. The lowest BCUT2D eigenvalue weighted by Gasteiger charge is -2.38. The number of halogens is 2. The van der Waals surface area contributed by atoms with Crippen LogP contribution in [0.3, 0.4) is 0 Å². The number of rotatable bonds is 4. The molecule has 9 heteroatoms. The molecule has 0 radical (unpaired) electrons. The molecule has 1 fully saturated rings. The number of thiophene rings is 1. The summed E-state index contributed by atoms with van der Waals surface area (Å²) in [6.07, 6.45) is 5.34. The van der Waals surface area contributed by atoms with Crippen molar-refractivity contribution in [3.8, 4) is 5.69 Å². The zero-order valence-corrected chi connectivity index (χ0v) is 21.4. The summed E-state index contributed by atoms with van der Waals surface area (Å²) in [4.78, 5) is 13.5. The van der Waals surface area contributed by atoms with Crippen LogP contribution in [0.2, 0.25) is 10.0 Å². The van der Waals surface area contributed by atoms with Crippen LogP contribution < -0.4 is 5.43 Å². The third-order valence-electron chi connectivity index (χ3n) is 6.45. The van der Waals surface area contributed by atoms with Crippen molar-refractivity contribution in [1.82, 2.24) is 20.2 Å². The molecule has 0 spiro atoms. The molecule has 2 unspecified atom stereocenters. The average molecular weight is 517 g/mol. The molecule has 2 aliphatic heterocycles. The topological polar surface area (TPSA) is 59.4 Å². The average Bonchev–Trinajstić information content (AvgIpc) is 3.45. The molecule has 4 heterocycles. The fourth-order valence-corrected chi connectivity index (χ4v) is 5.84. The number of hydrazine groups is 1. The van der Waals surface area contributed by atoms with Crippen molar-refractivity contribution < 1.29 is 9.53 Å². The summed E-state index contributed by atoms with van der Waals surface area (Å²) in [5, 5.41) is 11.9. The maximum atomic E-state index is 13.5. The second-order valence-electron chi connectivity index (χ2n) is 8.88. The molecular formula is C25H26Cl2N4O2S. The van der Waals surface area contributed by atoms with Crippen LogP contribution in [0.5, 0.6) is 0 Å². The Morgan fingerprint density at radius 3 is 2.71 bits per heavy atom. The van der Waals surface area contributed by atoms with Gasteiger partial charge >= 0.3 is 0 Å². The van der Waals surface area contributed by atoms with Crippen LogP contribution in [-0.2, 0) is 11.3 Å². The fourth-order valence-electron chi connectivity index (χ4n) is 4.74. The van der Waals surface area contributed by atoms with Gasteiger partial charge in [0.2, 0.25) is 0 Å². The zero-order valence-electron chi connectivity index (χ0n) is 19.1. The Hall–Kier alpha value is -2.16. The Labute approximate surface area is 213 Å². The van der Waals surface area contributed by atoms with Crippen molar-refractivity contribution >= 4 is 52.1 Å². The number of fused-ring (bicyclic) bond motifs is 1. The van der Waals surface area contributed by atoms with E-state index in [2.05, 4.69) is 41.8 Å². The number of amides is 1. The standard InChI is InChI=1S/C25H26Cl2N4O2S/c1-15-4-3-5-16(2)30(15)29-25(32)23-20-13-33-12-18(10-17-8-9-34-14-17)24(20)31(28-23)22-7-6-19(26)11-21(22)27/h6-11,14-16H,3-5,12-13H2,1-2H3,(H,29,32)/b18-10+. The number of nitrogens with zero attached hydrogens (tertiary/aromatic N) is 3. The first-order chi connectivity index (χ1) is 16.4. The Kier molecular flexibility index (Phi) is 6.82. The molecule has 1 aromatic carbocycles. The smallest absolute Gasteiger partial charge is 0.286 e. The molecule has 0 aliphatic carbocycles. The van der Waals surface area contributed by atoms with Crippen LogP contribution in [0.15, 0.2) is 35.0 Å². The first-order valence-corrected chi connectivity index (χ1v) is 13.1. The number of nitrogens with one attached hydrogen (secondary N) is 1. The number of carbonyl (C=O) groups is 1. The maximum absolute atomic E-state index is 13.5. The van der Waals surface area contributed by atoms with Crippen LogP contribution in [0.4, 0.5) is 0 Å². The van der Waals surface area contributed by atoms with Gasteiger partial charge in [-0.25, -0.2) is 9.69 Å². The number of hydrogen-bond acceptors (Lipinski definition) is 5. The van der Waals surface area contributed by atoms with Crippen LogP contribution in [0.25, 0.3) is 17.3 Å². The predicted molar refractivity (Wildman–Crippen MR) is 138 cm³/mol. The maximum Gasteiger partial charge on any atom is 0.286 e. The molecule has 34 heavy (non-hydrogen) atoms. The van der Waals surface area contributed by atoms with E-state index in [0.717, 1.165) is 35.2 Å². The van der Waals surface area contributed by atoms with Crippen molar-refractivity contribution in [3.63, 3.8) is 0 Å². The van der Waals surface area contributed by atoms with Gasteiger partial charge in [0, 0.05) is 28.2 Å². The van der Waals surface area contributed by atoms with Crippen LogP contribution in [0, 0.1) is 0 Å². The van der Waals surface area contributed by atoms with Crippen LogP contribution in [-0.4, -0.2) is 39.4 Å². The fraction of sp³-hybridized carbons (Fsp3) is 0.360. The van der Waals surface area contributed by atoms with Gasteiger partial charge in [0.1, 0.15) is 0 Å². The lowest BCUT2D eigenvalue weighted by atomic mass is 9.99. The van der Waals surface area contributed by atoms with Crippen molar-refractivity contribution in [2.45, 2.75) is 51.8 Å². The molecule has 178 valence electrons. The second kappa shape index (κ2) is 9.84. The SMILES string of the molecule is CC1CCCC(C)N1NC(=O)c1nn(-c2ccc(Cl)cc2Cl)c2c1COC/C2=C\c1ccsc1. The monoisotopic (exact) mass is 516 g/mol. The van der Waals surface area contributed by atoms with Crippen LogP contribution >= 0.6 is 34.5 Å². The molecule has 1 amide bonds. The summed E-state index contributed by atoms with van der Waals surface area (Å²) in [5.74, 6) is -0.235. The van der Waals surface area contributed by atoms with Gasteiger partial charge in [-0.15, -0.1) is 0 Å². The number of piperidine rings is 1. The molecule has 5 rings (SSSR count). The van der Waals surface area contributed by atoms with E-state index in [4.69, 9.17) is 33.0 Å². The predicted octanol–water partition coefficient (Wildman–Crippen LogP) is 6.22. The molecular weight excluding hydrogens is 491 g/mol. The number of ether oxygens (including phenoxy) is 1. The Balaban J connectivity index is 1.61. The molecule has 2 atom stereocenters. The van der Waals surface area contributed by atoms with E-state index in [-0.39, 0.29) is 18.0 Å². The molecule has 0 saturated carbocycles. The second-order valence-corrected chi connectivity index (χ2v) is 10.5. The summed E-state index contributed by atoms with van der Waals surface area (Å²) in [5.41, 5.74) is 7.76. The van der Waals surface area contributed by atoms with Crippen LogP contribution in [0.1, 0.15) is 60.4 Å². The summed E-state index contributed by atoms with van der Waals surface area (Å²) < 4.78 is 7.67. The highest BCUT2D eigenvalue weighted by Gasteiger charge is 2.32. The third-order valence-corrected chi connectivity index (χ3v) is 7.69. The van der Waals surface area contributed by atoms with E-state index in [1.807, 2.05) is 11.4 Å². The minimum Gasteiger partial charge on any atom is -0.372 e. The van der Waals surface area contributed by atoms with Crippen molar-refractivity contribution in [3.05, 3.63) is 67.6 Å². The highest BCUT2D eigenvalue weighted by molar-refractivity contribution is 7.08. The van der Waals surface area contributed by atoms with Gasteiger partial charge in [-0.05, 0) is 73.4 Å². The van der Waals surface area contributed by atoms with E-state index in [1.165, 1.54) is 6.42 Å². The summed E-state index contributed by atoms with van der Waals surface area (Å²) in [6, 6.07) is 7.87. The normalized spacial score (nSPS) is 22.1. The van der Waals surface area contributed by atoms with Gasteiger partial charge in [-0.1, -0.05) is 29.6 Å². The largest absolute Gasteiger partial charge is 0.372 e. The number of carbonyl (C=O) groups excluding carboxylic acids is 1. The minimum absolute atomic E-state index is 0.235. The summed E-state index contributed by atoms with van der Waals surface area (Å²) in [7, 11) is 0. The van der Waals surface area contributed by atoms with Gasteiger partial charge in [0.25, 0.3) is 5.91 Å². The molecule has 3 aromatic rings. The van der Waals surface area contributed by atoms with E-state index in [1.54, 1.807) is 28.2 Å². The van der Waals surface area contributed by atoms with E-state index in [9.17, 15) is 4.79 Å². The van der Waals surface area contributed by atoms with Gasteiger partial charge < -0.3 is 4.74 Å². The lowest BCUT2D eigenvalue weighted by Crippen LogP contribution is -2.54. The van der Waals surface area contributed by atoms with E-state index < -0.39 is 0 Å². The quantitative estimate of drug-likeness (QED) is 0.447. The molecule has 0 bridgehead atoms. The number of hydrogen-bond donors (Lipinski definition) is 1. The third kappa shape index (κ3) is 4.55. The van der Waals surface area contributed by atoms with Gasteiger partial charge in [0.15, 0.2) is 5.69 Å². The van der Waals surface area contributed by atoms with Crippen molar-refractivity contribution in [2.75, 3.05) is 6.61 Å². The minimum atomic E-state index is -0.235. The molecule has 2 aliphatic rings. The zero-order chi connectivity index (χ0) is 23.8. The van der Waals surface area contributed by atoms with E-state index >= 15 is 0 Å². The lowest BCUT2D eigenvalue weighted by molar-refractivity contribution is 0.0363. The van der Waals surface area contributed by atoms with Gasteiger partial charge in [-0.2, -0.15) is 16.4 Å². The van der Waals surface area contributed by atoms with Gasteiger partial charge in [0.05, 0.1) is 29.6 Å². The Morgan fingerprint density at radius 1 is 1.21 bits per heavy atom. The Bertz CT molecular complexity index is 1230. The van der Waals surface area contributed by atoms with Crippen molar-refractivity contribution in [1.29, 1.82) is 0 Å². The molecule has 6 nitrogen and oxygen atoms in total. The van der Waals surface area contributed by atoms with Gasteiger partial charge in [-0.3, -0.25) is 10.2 Å². The highest BCUT2D eigenvalue weighted by atomic mass is 35.5. The number of aromatic nitrogens is 2. The number of benzene rings is 1. The van der Waals surface area contributed by atoms with E-state index in [0.29, 0.717) is 34.6 Å². The molecule has 1 saturated heterocycles. The van der Waals surface area contributed by atoms with Crippen molar-refractivity contribution in [2.24, 2.45) is 0 Å². The molecule has 2 aromatic heterocycles. The molecule has 1 N–H and O–H groups in total. The summed E-state index contributed by atoms with van der Waals surface area (Å²) in [6.45, 7) is 5.00. The first kappa shape index (κ1) is 23.6.